The van der Waals surface area contributed by atoms with Crippen LogP contribution in [-0.2, 0) is 6.54 Å². The predicted octanol–water partition coefficient (Wildman–Crippen LogP) is 4.47. The van der Waals surface area contributed by atoms with E-state index < -0.39 is 5.76 Å². The molecule has 10 nitrogen and oxygen atoms in total. The maximum absolute atomic E-state index is 14.6. The van der Waals surface area contributed by atoms with Crippen LogP contribution in [0.15, 0.2) is 46.0 Å². The maximum Gasteiger partial charge on any atom is 0.439 e. The van der Waals surface area contributed by atoms with E-state index in [4.69, 9.17) is 9.47 Å². The third-order valence-corrected chi connectivity index (χ3v) is 6.76. The Hall–Kier alpha value is -4.19. The van der Waals surface area contributed by atoms with Crippen molar-refractivity contribution in [2.24, 2.45) is 0 Å². The van der Waals surface area contributed by atoms with Crippen molar-refractivity contribution < 1.29 is 18.4 Å². The SMILES string of the molecule is CCOc1cc(-c2cc(NCCn3c(C)cc4c(OC)ccc(F)c43)ncn2)sc1-c1noc(=O)[nH]1. The van der Waals surface area contributed by atoms with Crippen molar-refractivity contribution >= 4 is 28.1 Å². The number of hydrogen-bond donors (Lipinski definition) is 2. The first-order valence-corrected chi connectivity index (χ1v) is 12.0. The first kappa shape index (κ1) is 23.5. The third-order valence-electron chi connectivity index (χ3n) is 5.61. The van der Waals surface area contributed by atoms with Crippen LogP contribution in [0.1, 0.15) is 12.6 Å². The lowest BCUT2D eigenvalue weighted by Gasteiger charge is -2.11. The van der Waals surface area contributed by atoms with E-state index in [0.717, 1.165) is 16.0 Å². The van der Waals surface area contributed by atoms with Gasteiger partial charge in [0.05, 0.1) is 29.8 Å². The standard InChI is InChI=1S/C24H23FN6O4S/c1-4-34-18-11-19(36-22(18)23-29-24(32)35-30-23)16-10-20(28-12-27-16)26-7-8-31-13(2)9-14-17(33-3)6-5-15(25)21(14)31/h5-6,9-12H,4,7-8H2,1-3H3,(H,26,27,28)(H,29,30,32). The van der Waals surface area contributed by atoms with Crippen molar-refractivity contribution in [2.45, 2.75) is 20.4 Å². The molecular weight excluding hydrogens is 487 g/mol. The summed E-state index contributed by atoms with van der Waals surface area (Å²) < 4.78 is 32.3. The lowest BCUT2D eigenvalue weighted by atomic mass is 10.2. The number of methoxy groups -OCH3 is 1. The summed E-state index contributed by atoms with van der Waals surface area (Å²) in [6.45, 7) is 5.29. The summed E-state index contributed by atoms with van der Waals surface area (Å²) >= 11 is 1.36. The van der Waals surface area contributed by atoms with Crippen molar-refractivity contribution in [2.75, 3.05) is 25.6 Å². The molecule has 1 aromatic carbocycles. The van der Waals surface area contributed by atoms with Gasteiger partial charge in [-0.15, -0.1) is 11.3 Å². The topological polar surface area (TPSA) is 120 Å². The highest BCUT2D eigenvalue weighted by Gasteiger charge is 2.18. The Morgan fingerprint density at radius 2 is 2.08 bits per heavy atom. The summed E-state index contributed by atoms with van der Waals surface area (Å²) in [5, 5.41) is 7.80. The van der Waals surface area contributed by atoms with Gasteiger partial charge < -0.3 is 19.4 Å². The van der Waals surface area contributed by atoms with Gasteiger partial charge in [-0.2, -0.15) is 0 Å². The number of ether oxygens (including phenoxy) is 2. The third kappa shape index (κ3) is 4.42. The Kier molecular flexibility index (Phi) is 6.42. The highest BCUT2D eigenvalue weighted by Crippen LogP contribution is 2.41. The fourth-order valence-corrected chi connectivity index (χ4v) is 5.05. The number of rotatable bonds is 9. The summed E-state index contributed by atoms with van der Waals surface area (Å²) in [6.07, 6.45) is 1.47. The van der Waals surface area contributed by atoms with Crippen LogP contribution < -0.4 is 20.5 Å². The molecule has 0 amide bonds. The fraction of sp³-hybridized carbons (Fsp3) is 0.250. The van der Waals surface area contributed by atoms with Gasteiger partial charge >= 0.3 is 5.76 Å². The van der Waals surface area contributed by atoms with Gasteiger partial charge in [-0.05, 0) is 32.0 Å². The van der Waals surface area contributed by atoms with Crippen LogP contribution in [0.3, 0.4) is 0 Å². The van der Waals surface area contributed by atoms with Crippen molar-refractivity contribution in [3.05, 3.63) is 58.7 Å². The number of nitrogens with one attached hydrogen (secondary N) is 2. The van der Waals surface area contributed by atoms with Crippen LogP contribution in [0.5, 0.6) is 11.5 Å². The van der Waals surface area contributed by atoms with Gasteiger partial charge in [-0.25, -0.2) is 19.2 Å². The number of fused-ring (bicyclic) bond motifs is 1. The van der Waals surface area contributed by atoms with Crippen LogP contribution in [0.25, 0.3) is 32.2 Å². The summed E-state index contributed by atoms with van der Waals surface area (Å²) in [6, 6.07) is 8.64. The number of nitrogens with zero attached hydrogens (tertiary/aromatic N) is 4. The fourth-order valence-electron chi connectivity index (χ4n) is 4.05. The van der Waals surface area contributed by atoms with Gasteiger partial charge in [0.1, 0.15) is 34.3 Å². The van der Waals surface area contributed by atoms with E-state index in [9.17, 15) is 9.18 Å². The Morgan fingerprint density at radius 1 is 1.22 bits per heavy atom. The molecule has 12 heteroatoms. The molecule has 0 saturated carbocycles. The molecule has 4 aromatic heterocycles. The van der Waals surface area contributed by atoms with Gasteiger partial charge in [0.2, 0.25) is 0 Å². The summed E-state index contributed by atoms with van der Waals surface area (Å²) in [5.74, 6) is 1.19. The molecule has 0 bridgehead atoms. The van der Waals surface area contributed by atoms with E-state index in [1.165, 1.54) is 23.7 Å². The first-order chi connectivity index (χ1) is 17.5. The van der Waals surface area contributed by atoms with Crippen molar-refractivity contribution in [1.29, 1.82) is 0 Å². The van der Waals surface area contributed by atoms with E-state index in [-0.39, 0.29) is 5.82 Å². The maximum atomic E-state index is 14.6. The molecular formula is C24H23FN6O4S. The number of anilines is 1. The second-order valence-corrected chi connectivity index (χ2v) is 8.90. The van der Waals surface area contributed by atoms with E-state index in [1.807, 2.05) is 36.6 Å². The molecule has 0 aliphatic heterocycles. The zero-order chi connectivity index (χ0) is 25.2. The molecule has 0 fully saturated rings. The van der Waals surface area contributed by atoms with Crippen molar-refractivity contribution in [1.82, 2.24) is 24.7 Å². The number of aromatic amines is 1. The molecule has 0 aliphatic carbocycles. The minimum absolute atomic E-state index is 0.296. The van der Waals surface area contributed by atoms with Crippen molar-refractivity contribution in [3.8, 4) is 32.8 Å². The van der Waals surface area contributed by atoms with Gasteiger partial charge in [0, 0.05) is 36.3 Å². The summed E-state index contributed by atoms with van der Waals surface area (Å²) in [7, 11) is 1.58. The second kappa shape index (κ2) is 9.82. The number of halogens is 1. The Morgan fingerprint density at radius 3 is 2.83 bits per heavy atom. The number of thiophene rings is 1. The molecule has 5 aromatic rings. The van der Waals surface area contributed by atoms with Crippen LogP contribution in [0.2, 0.25) is 0 Å². The van der Waals surface area contributed by atoms with Crippen LogP contribution >= 0.6 is 11.3 Å². The van der Waals surface area contributed by atoms with E-state index in [2.05, 4.69) is 29.9 Å². The highest BCUT2D eigenvalue weighted by molar-refractivity contribution is 7.19. The first-order valence-electron chi connectivity index (χ1n) is 11.2. The average Bonchev–Trinajstić information content (AvgIpc) is 3.57. The smallest absolute Gasteiger partial charge is 0.439 e. The van der Waals surface area contributed by atoms with Gasteiger partial charge in [0.15, 0.2) is 5.82 Å². The molecule has 2 N–H and O–H groups in total. The number of aryl methyl sites for hydroxylation is 1. The number of H-pyrrole nitrogens is 1. The second-order valence-electron chi connectivity index (χ2n) is 7.85. The predicted molar refractivity (Wildman–Crippen MR) is 134 cm³/mol. The minimum atomic E-state index is -0.639. The van der Waals surface area contributed by atoms with Crippen LogP contribution in [-0.4, -0.2) is 44.9 Å². The zero-order valence-electron chi connectivity index (χ0n) is 19.8. The largest absolute Gasteiger partial charge is 0.496 e. The molecule has 0 unspecified atom stereocenters. The Bertz CT molecular complexity index is 1590. The molecule has 4 heterocycles. The number of benzene rings is 1. The molecule has 36 heavy (non-hydrogen) atoms. The highest BCUT2D eigenvalue weighted by atomic mass is 32.1. The van der Waals surface area contributed by atoms with E-state index >= 15 is 0 Å². The van der Waals surface area contributed by atoms with Gasteiger partial charge in [-0.1, -0.05) is 5.16 Å². The van der Waals surface area contributed by atoms with E-state index in [1.54, 1.807) is 13.2 Å². The molecule has 0 spiro atoms. The zero-order valence-corrected chi connectivity index (χ0v) is 20.6. The molecule has 5 rings (SSSR count). The normalized spacial score (nSPS) is 11.2. The van der Waals surface area contributed by atoms with Crippen molar-refractivity contribution in [3.63, 3.8) is 0 Å². The number of hydrogen-bond acceptors (Lipinski definition) is 9. The molecule has 186 valence electrons. The van der Waals surface area contributed by atoms with Gasteiger partial charge in [-0.3, -0.25) is 9.51 Å². The minimum Gasteiger partial charge on any atom is -0.496 e. The van der Waals surface area contributed by atoms with Gasteiger partial charge in [0.25, 0.3) is 0 Å². The quantitative estimate of drug-likeness (QED) is 0.298. The monoisotopic (exact) mass is 510 g/mol. The Balaban J connectivity index is 1.36. The average molecular weight is 511 g/mol. The molecule has 0 aliphatic rings. The molecule has 0 saturated heterocycles. The van der Waals surface area contributed by atoms with Crippen LogP contribution in [0.4, 0.5) is 10.2 Å². The molecule has 0 atom stereocenters. The lowest BCUT2D eigenvalue weighted by Crippen LogP contribution is -2.12. The summed E-state index contributed by atoms with van der Waals surface area (Å²) in [4.78, 5) is 24.1. The van der Waals surface area contributed by atoms with E-state index in [0.29, 0.717) is 58.9 Å². The summed E-state index contributed by atoms with van der Waals surface area (Å²) in [5.41, 5.74) is 2.12. The Labute approximate surface area is 208 Å². The number of aromatic nitrogens is 5. The van der Waals surface area contributed by atoms with Crippen LogP contribution in [0, 0.1) is 12.7 Å². The molecule has 0 radical (unpaired) electrons. The lowest BCUT2D eigenvalue weighted by molar-refractivity contribution is 0.342.